The smallest absolute Gasteiger partial charge is 0.273 e. The quantitative estimate of drug-likeness (QED) is 0.587. The fourth-order valence-corrected chi connectivity index (χ4v) is 4.51. The first-order valence-electron chi connectivity index (χ1n) is 9.60. The third kappa shape index (κ3) is 3.67. The van der Waals surface area contributed by atoms with Gasteiger partial charge in [0, 0.05) is 18.0 Å². The van der Waals surface area contributed by atoms with E-state index in [-0.39, 0.29) is 18.1 Å². The van der Waals surface area contributed by atoms with Gasteiger partial charge in [-0.1, -0.05) is 24.3 Å². The summed E-state index contributed by atoms with van der Waals surface area (Å²) in [6.45, 7) is 4.01. The summed E-state index contributed by atoms with van der Waals surface area (Å²) in [6, 6.07) is 16.4. The lowest BCUT2D eigenvalue weighted by Crippen LogP contribution is -2.30. The number of fused-ring (bicyclic) bond motifs is 1. The van der Waals surface area contributed by atoms with E-state index < -0.39 is 0 Å². The molecule has 0 fully saturated rings. The largest absolute Gasteiger partial charge is 0.491 e. The third-order valence-electron chi connectivity index (χ3n) is 5.09. The van der Waals surface area contributed by atoms with Gasteiger partial charge in [-0.15, -0.1) is 11.3 Å². The maximum absolute atomic E-state index is 13.0. The number of hydrogen-bond donors (Lipinski definition) is 0. The molecule has 1 heterocycles. The van der Waals surface area contributed by atoms with Gasteiger partial charge >= 0.3 is 0 Å². The third-order valence-corrected chi connectivity index (χ3v) is 5.98. The molecule has 1 amide bonds. The first-order chi connectivity index (χ1) is 13.5. The fraction of sp³-hybridized carbons (Fsp3) is 0.304. The highest BCUT2D eigenvalue weighted by atomic mass is 32.1. The molecule has 0 aliphatic heterocycles. The van der Waals surface area contributed by atoms with Gasteiger partial charge in [-0.25, -0.2) is 4.98 Å². The van der Waals surface area contributed by atoms with Crippen molar-refractivity contribution in [1.29, 1.82) is 0 Å². The zero-order chi connectivity index (χ0) is 19.7. The average Bonchev–Trinajstić information content (AvgIpc) is 3.34. The van der Waals surface area contributed by atoms with Crippen LogP contribution < -0.4 is 4.74 Å². The van der Waals surface area contributed by atoms with Crippen molar-refractivity contribution in [2.45, 2.75) is 38.8 Å². The molecule has 144 valence electrons. The second-order valence-corrected chi connectivity index (χ2v) is 8.26. The van der Waals surface area contributed by atoms with Gasteiger partial charge in [0.25, 0.3) is 5.91 Å². The van der Waals surface area contributed by atoms with Crippen molar-refractivity contribution in [3.63, 3.8) is 0 Å². The van der Waals surface area contributed by atoms with E-state index in [1.54, 1.807) is 0 Å². The molecule has 4 rings (SSSR count). The monoisotopic (exact) mass is 392 g/mol. The molecule has 1 unspecified atom stereocenters. The van der Waals surface area contributed by atoms with E-state index in [1.165, 1.54) is 22.5 Å². The number of thiazole rings is 1. The minimum Gasteiger partial charge on any atom is -0.491 e. The number of carbonyl (C=O) groups excluding carboxylic acids is 1. The second-order valence-electron chi connectivity index (χ2n) is 7.40. The Morgan fingerprint density at radius 2 is 1.93 bits per heavy atom. The number of rotatable bonds is 5. The van der Waals surface area contributed by atoms with E-state index in [0.717, 1.165) is 29.2 Å². The van der Waals surface area contributed by atoms with Crippen molar-refractivity contribution in [2.75, 3.05) is 7.05 Å². The van der Waals surface area contributed by atoms with Crippen LogP contribution in [0.25, 0.3) is 10.6 Å². The Hall–Kier alpha value is -2.66. The van der Waals surface area contributed by atoms with Crippen LogP contribution in [0.4, 0.5) is 0 Å². The zero-order valence-electron chi connectivity index (χ0n) is 16.4. The van der Waals surface area contributed by atoms with Gasteiger partial charge in [0.15, 0.2) is 0 Å². The molecule has 4 nitrogen and oxygen atoms in total. The molecule has 5 heteroatoms. The highest BCUT2D eigenvalue weighted by molar-refractivity contribution is 7.13. The van der Waals surface area contributed by atoms with Gasteiger partial charge < -0.3 is 9.64 Å². The summed E-state index contributed by atoms with van der Waals surface area (Å²) < 4.78 is 5.69. The van der Waals surface area contributed by atoms with Gasteiger partial charge in [0.2, 0.25) is 0 Å². The van der Waals surface area contributed by atoms with Crippen LogP contribution in [0.2, 0.25) is 0 Å². The van der Waals surface area contributed by atoms with Gasteiger partial charge in [-0.2, -0.15) is 0 Å². The number of amides is 1. The highest BCUT2D eigenvalue weighted by Crippen LogP contribution is 2.36. The predicted octanol–water partition coefficient (Wildman–Crippen LogP) is 5.36. The van der Waals surface area contributed by atoms with E-state index in [9.17, 15) is 4.79 Å². The summed E-state index contributed by atoms with van der Waals surface area (Å²) >= 11 is 1.50. The van der Waals surface area contributed by atoms with Crippen molar-refractivity contribution >= 4 is 17.2 Å². The first kappa shape index (κ1) is 18.7. The number of aryl methyl sites for hydroxylation is 1. The molecule has 1 atom stereocenters. The van der Waals surface area contributed by atoms with Gasteiger partial charge in [0.1, 0.15) is 16.5 Å². The lowest BCUT2D eigenvalue weighted by molar-refractivity contribution is 0.0725. The number of benzene rings is 2. The van der Waals surface area contributed by atoms with Crippen LogP contribution in [0.15, 0.2) is 53.9 Å². The van der Waals surface area contributed by atoms with Crippen LogP contribution in [0.3, 0.4) is 0 Å². The summed E-state index contributed by atoms with van der Waals surface area (Å²) in [5.41, 5.74) is 4.10. The molecule has 1 aliphatic carbocycles. The van der Waals surface area contributed by atoms with E-state index >= 15 is 0 Å². The van der Waals surface area contributed by atoms with Gasteiger partial charge in [0.05, 0.1) is 12.1 Å². The molecule has 3 aromatic rings. The molecule has 1 aliphatic rings. The standard InChI is InChI=1S/C23H24N2O2S/c1-15(2)27-18-11-8-17(9-12-18)22-24-20(14-28-22)23(26)25(3)21-13-10-16-6-4-5-7-19(16)21/h4-9,11-12,14-15,21H,10,13H2,1-3H3. The summed E-state index contributed by atoms with van der Waals surface area (Å²) in [4.78, 5) is 19.5. The van der Waals surface area contributed by atoms with Crippen LogP contribution >= 0.6 is 11.3 Å². The van der Waals surface area contributed by atoms with Crippen molar-refractivity contribution in [3.05, 3.63) is 70.7 Å². The molecular weight excluding hydrogens is 368 g/mol. The SMILES string of the molecule is CC(C)Oc1ccc(-c2nc(C(=O)N(C)C3CCc4ccccc43)cs2)cc1. The van der Waals surface area contributed by atoms with Crippen LogP contribution in [0.5, 0.6) is 5.75 Å². The lowest BCUT2D eigenvalue weighted by atomic mass is 10.1. The van der Waals surface area contributed by atoms with Crippen LogP contribution in [0, 0.1) is 0 Å². The summed E-state index contributed by atoms with van der Waals surface area (Å²) in [6.07, 6.45) is 2.13. The highest BCUT2D eigenvalue weighted by Gasteiger charge is 2.29. The molecule has 28 heavy (non-hydrogen) atoms. The molecule has 0 spiro atoms. The minimum absolute atomic E-state index is 0.0241. The number of nitrogens with zero attached hydrogens (tertiary/aromatic N) is 2. The van der Waals surface area contributed by atoms with Crippen LogP contribution in [0.1, 0.15) is 47.9 Å². The van der Waals surface area contributed by atoms with Crippen molar-refractivity contribution in [3.8, 4) is 16.3 Å². The summed E-state index contributed by atoms with van der Waals surface area (Å²) in [7, 11) is 1.88. The second kappa shape index (κ2) is 7.76. The van der Waals surface area contributed by atoms with E-state index in [2.05, 4.69) is 23.2 Å². The summed E-state index contributed by atoms with van der Waals surface area (Å²) in [5, 5.41) is 2.70. The number of hydrogen-bond acceptors (Lipinski definition) is 4. The first-order valence-corrected chi connectivity index (χ1v) is 10.5. The number of carbonyl (C=O) groups is 1. The molecule has 0 radical (unpaired) electrons. The van der Waals surface area contributed by atoms with Gasteiger partial charge in [-0.05, 0) is 62.1 Å². The minimum atomic E-state index is -0.0241. The van der Waals surface area contributed by atoms with Crippen molar-refractivity contribution in [1.82, 2.24) is 9.88 Å². The Balaban J connectivity index is 1.50. The summed E-state index contributed by atoms with van der Waals surface area (Å²) in [5.74, 6) is 0.815. The van der Waals surface area contributed by atoms with Crippen molar-refractivity contribution < 1.29 is 9.53 Å². The Morgan fingerprint density at radius 3 is 2.68 bits per heavy atom. The Kier molecular flexibility index (Phi) is 5.18. The van der Waals surface area contributed by atoms with Crippen molar-refractivity contribution in [2.24, 2.45) is 0 Å². The zero-order valence-corrected chi connectivity index (χ0v) is 17.2. The molecule has 0 bridgehead atoms. The Labute approximate surface area is 169 Å². The van der Waals surface area contributed by atoms with E-state index in [4.69, 9.17) is 4.74 Å². The molecule has 1 aromatic heterocycles. The fourth-order valence-electron chi connectivity index (χ4n) is 3.71. The maximum atomic E-state index is 13.0. The molecular formula is C23H24N2O2S. The molecule has 0 saturated carbocycles. The number of aromatic nitrogens is 1. The van der Waals surface area contributed by atoms with Crippen LogP contribution in [-0.4, -0.2) is 28.9 Å². The molecule has 0 N–H and O–H groups in total. The van der Waals surface area contributed by atoms with Crippen LogP contribution in [-0.2, 0) is 6.42 Å². The van der Waals surface area contributed by atoms with E-state index in [0.29, 0.717) is 5.69 Å². The number of ether oxygens (including phenoxy) is 1. The lowest BCUT2D eigenvalue weighted by Gasteiger charge is -2.24. The normalized spacial score (nSPS) is 15.5. The molecule has 2 aromatic carbocycles. The van der Waals surface area contributed by atoms with Gasteiger partial charge in [-0.3, -0.25) is 4.79 Å². The maximum Gasteiger partial charge on any atom is 0.273 e. The topological polar surface area (TPSA) is 42.4 Å². The van der Waals surface area contributed by atoms with E-state index in [1.807, 2.05) is 61.5 Å². The average molecular weight is 393 g/mol. The molecule has 0 saturated heterocycles. The predicted molar refractivity (Wildman–Crippen MR) is 113 cm³/mol. The Bertz CT molecular complexity index is 978. The Morgan fingerprint density at radius 1 is 1.18 bits per heavy atom.